The lowest BCUT2D eigenvalue weighted by Gasteiger charge is -2.11. The van der Waals surface area contributed by atoms with Crippen molar-refractivity contribution in [1.29, 1.82) is 0 Å². The van der Waals surface area contributed by atoms with Crippen LogP contribution in [0.3, 0.4) is 0 Å². The van der Waals surface area contributed by atoms with Crippen molar-refractivity contribution in [2.45, 2.75) is 19.5 Å². The standard InChI is InChI=1S/C15H14ClNOS/c1-10(11-6-7-19-9-11)17-8-13-12-4-2-3-5-14(12)18-15(13)16/h2-7,9-10,17H,8H2,1H3. The predicted molar refractivity (Wildman–Crippen MR) is 80.8 cm³/mol. The van der Waals surface area contributed by atoms with E-state index in [-0.39, 0.29) is 0 Å². The molecule has 0 saturated carbocycles. The Bertz CT molecular complexity index is 675. The van der Waals surface area contributed by atoms with Gasteiger partial charge in [0.15, 0.2) is 5.22 Å². The van der Waals surface area contributed by atoms with Gasteiger partial charge in [-0.1, -0.05) is 18.2 Å². The summed E-state index contributed by atoms with van der Waals surface area (Å²) >= 11 is 7.88. The van der Waals surface area contributed by atoms with Gasteiger partial charge in [-0.25, -0.2) is 0 Å². The first-order valence-electron chi connectivity index (χ1n) is 6.17. The minimum atomic E-state index is 0.302. The van der Waals surface area contributed by atoms with Gasteiger partial charge in [0.2, 0.25) is 0 Å². The smallest absolute Gasteiger partial charge is 0.199 e. The van der Waals surface area contributed by atoms with E-state index in [1.807, 2.05) is 24.3 Å². The van der Waals surface area contributed by atoms with E-state index < -0.39 is 0 Å². The minimum absolute atomic E-state index is 0.302. The fraction of sp³-hybridized carbons (Fsp3) is 0.200. The van der Waals surface area contributed by atoms with Gasteiger partial charge in [-0.3, -0.25) is 0 Å². The molecule has 0 spiro atoms. The molecular weight excluding hydrogens is 278 g/mol. The summed E-state index contributed by atoms with van der Waals surface area (Å²) in [7, 11) is 0. The molecule has 0 aliphatic rings. The Labute approximate surface area is 121 Å². The third kappa shape index (κ3) is 2.54. The maximum Gasteiger partial charge on any atom is 0.199 e. The molecule has 1 aromatic carbocycles. The molecule has 3 rings (SSSR count). The number of thiophene rings is 1. The van der Waals surface area contributed by atoms with Crippen LogP contribution in [0.25, 0.3) is 11.0 Å². The molecule has 0 aliphatic heterocycles. The van der Waals surface area contributed by atoms with Crippen molar-refractivity contribution in [1.82, 2.24) is 5.32 Å². The normalized spacial score (nSPS) is 12.9. The quantitative estimate of drug-likeness (QED) is 0.732. The number of nitrogens with one attached hydrogen (secondary N) is 1. The number of rotatable bonds is 4. The fourth-order valence-corrected chi connectivity index (χ4v) is 3.13. The van der Waals surface area contributed by atoms with Crippen LogP contribution in [0.15, 0.2) is 45.5 Å². The van der Waals surface area contributed by atoms with Gasteiger partial charge in [-0.2, -0.15) is 11.3 Å². The van der Waals surface area contributed by atoms with E-state index in [4.69, 9.17) is 16.0 Å². The van der Waals surface area contributed by atoms with Crippen LogP contribution < -0.4 is 5.32 Å². The van der Waals surface area contributed by atoms with E-state index in [9.17, 15) is 0 Å². The van der Waals surface area contributed by atoms with Crippen LogP contribution in [-0.4, -0.2) is 0 Å². The minimum Gasteiger partial charge on any atom is -0.444 e. The molecule has 0 bridgehead atoms. The van der Waals surface area contributed by atoms with Gasteiger partial charge in [0.05, 0.1) is 0 Å². The van der Waals surface area contributed by atoms with Crippen molar-refractivity contribution in [2.24, 2.45) is 0 Å². The molecule has 0 radical (unpaired) electrons. The largest absolute Gasteiger partial charge is 0.444 e. The average Bonchev–Trinajstić information content (AvgIpc) is 3.03. The Morgan fingerprint density at radius 1 is 1.32 bits per heavy atom. The summed E-state index contributed by atoms with van der Waals surface area (Å²) in [5.41, 5.74) is 3.17. The summed E-state index contributed by atoms with van der Waals surface area (Å²) in [5.74, 6) is 0. The monoisotopic (exact) mass is 291 g/mol. The first kappa shape index (κ1) is 12.7. The lowest BCUT2D eigenvalue weighted by molar-refractivity contribution is 0.564. The highest BCUT2D eigenvalue weighted by Gasteiger charge is 2.13. The van der Waals surface area contributed by atoms with Crippen molar-refractivity contribution in [3.8, 4) is 0 Å². The van der Waals surface area contributed by atoms with E-state index in [1.165, 1.54) is 5.56 Å². The van der Waals surface area contributed by atoms with Crippen LogP contribution in [0, 0.1) is 0 Å². The van der Waals surface area contributed by atoms with Crippen LogP contribution >= 0.6 is 22.9 Å². The molecule has 1 unspecified atom stereocenters. The topological polar surface area (TPSA) is 25.2 Å². The van der Waals surface area contributed by atoms with E-state index in [1.54, 1.807) is 11.3 Å². The predicted octanol–water partition coefficient (Wildman–Crippen LogP) is 5.00. The molecule has 98 valence electrons. The molecule has 19 heavy (non-hydrogen) atoms. The number of para-hydroxylation sites is 1. The Morgan fingerprint density at radius 2 is 2.16 bits per heavy atom. The zero-order valence-electron chi connectivity index (χ0n) is 10.5. The third-order valence-electron chi connectivity index (χ3n) is 3.28. The molecule has 1 N–H and O–H groups in total. The third-order valence-corrected chi connectivity index (χ3v) is 4.28. The lowest BCUT2D eigenvalue weighted by Crippen LogP contribution is -2.17. The molecule has 1 atom stereocenters. The zero-order chi connectivity index (χ0) is 13.2. The Hall–Kier alpha value is -1.29. The fourth-order valence-electron chi connectivity index (χ4n) is 2.13. The van der Waals surface area contributed by atoms with Crippen molar-refractivity contribution in [2.75, 3.05) is 0 Å². The summed E-state index contributed by atoms with van der Waals surface area (Å²) < 4.78 is 5.55. The zero-order valence-corrected chi connectivity index (χ0v) is 12.1. The maximum atomic E-state index is 6.17. The van der Waals surface area contributed by atoms with Crippen LogP contribution in [-0.2, 0) is 6.54 Å². The van der Waals surface area contributed by atoms with Gasteiger partial charge >= 0.3 is 0 Å². The van der Waals surface area contributed by atoms with Crippen LogP contribution in [0.2, 0.25) is 5.22 Å². The molecule has 3 aromatic rings. The second-order valence-corrected chi connectivity index (χ2v) is 5.63. The van der Waals surface area contributed by atoms with Crippen molar-refractivity contribution >= 4 is 33.9 Å². The molecule has 0 saturated heterocycles. The van der Waals surface area contributed by atoms with E-state index in [0.29, 0.717) is 17.8 Å². The van der Waals surface area contributed by atoms with Gasteiger partial charge in [-0.15, -0.1) is 0 Å². The number of furan rings is 1. The van der Waals surface area contributed by atoms with Crippen molar-refractivity contribution in [3.05, 3.63) is 57.4 Å². The molecule has 4 heteroatoms. The van der Waals surface area contributed by atoms with Crippen LogP contribution in [0.4, 0.5) is 0 Å². The SMILES string of the molecule is CC(NCc1c(Cl)oc2ccccc12)c1ccsc1. The second-order valence-electron chi connectivity index (χ2n) is 4.51. The molecule has 0 fully saturated rings. The van der Waals surface area contributed by atoms with Crippen molar-refractivity contribution < 1.29 is 4.42 Å². The molecule has 2 aromatic heterocycles. The summed E-state index contributed by atoms with van der Waals surface area (Å²) in [6.07, 6.45) is 0. The first-order valence-corrected chi connectivity index (χ1v) is 7.49. The summed E-state index contributed by atoms with van der Waals surface area (Å²) in [4.78, 5) is 0. The first-order chi connectivity index (χ1) is 9.25. The van der Waals surface area contributed by atoms with Gasteiger partial charge < -0.3 is 9.73 Å². The summed E-state index contributed by atoms with van der Waals surface area (Å²) in [6.45, 7) is 2.85. The Balaban J connectivity index is 1.80. The van der Waals surface area contributed by atoms with Gasteiger partial charge in [0, 0.05) is 23.5 Å². The number of hydrogen-bond acceptors (Lipinski definition) is 3. The molecular formula is C15H14ClNOS. The van der Waals surface area contributed by atoms with Crippen molar-refractivity contribution in [3.63, 3.8) is 0 Å². The second kappa shape index (κ2) is 5.37. The van der Waals surface area contributed by atoms with E-state index >= 15 is 0 Å². The van der Waals surface area contributed by atoms with Crippen LogP contribution in [0.1, 0.15) is 24.1 Å². The summed E-state index contributed by atoms with van der Waals surface area (Å²) in [6, 6.07) is 10.4. The van der Waals surface area contributed by atoms with E-state index in [2.05, 4.69) is 29.1 Å². The highest BCUT2D eigenvalue weighted by Crippen LogP contribution is 2.30. The number of halogens is 1. The molecule has 0 aliphatic carbocycles. The summed E-state index contributed by atoms with van der Waals surface area (Å²) in [5, 5.41) is 9.29. The number of hydrogen-bond donors (Lipinski definition) is 1. The van der Waals surface area contributed by atoms with Gasteiger partial charge in [0.25, 0.3) is 0 Å². The molecule has 2 heterocycles. The maximum absolute atomic E-state index is 6.17. The molecule has 0 amide bonds. The lowest BCUT2D eigenvalue weighted by atomic mass is 10.1. The van der Waals surface area contributed by atoms with Crippen LogP contribution in [0.5, 0.6) is 0 Å². The van der Waals surface area contributed by atoms with E-state index in [0.717, 1.165) is 16.5 Å². The number of fused-ring (bicyclic) bond motifs is 1. The molecule has 2 nitrogen and oxygen atoms in total. The Kier molecular flexibility index (Phi) is 3.60. The number of benzene rings is 1. The average molecular weight is 292 g/mol. The Morgan fingerprint density at radius 3 is 2.95 bits per heavy atom. The van der Waals surface area contributed by atoms with Gasteiger partial charge in [-0.05, 0) is 47.0 Å². The highest BCUT2D eigenvalue weighted by molar-refractivity contribution is 7.07. The highest BCUT2D eigenvalue weighted by atomic mass is 35.5. The van der Waals surface area contributed by atoms with Gasteiger partial charge in [0.1, 0.15) is 5.58 Å².